The lowest BCUT2D eigenvalue weighted by atomic mass is 10.0. The number of aromatic nitrogens is 1. The number of carbonyl (C=O) groups is 1. The molecule has 1 aliphatic rings. The summed E-state index contributed by atoms with van der Waals surface area (Å²) in [7, 11) is -3.56. The van der Waals surface area contributed by atoms with Crippen LogP contribution < -0.4 is 4.72 Å². The Hall–Kier alpha value is -2.25. The number of hydrogen-bond acceptors (Lipinski definition) is 4. The molecule has 138 valence electrons. The van der Waals surface area contributed by atoms with Crippen molar-refractivity contribution in [1.29, 1.82) is 0 Å². The standard InChI is InChI=1S/C19H23N3O3S/c23-19-9-8-16(10-12-22(19)15-17-5-2-1-3-6-17)13-21-26(24,25)18-7-4-11-20-14-18/h1-7,11,14,16,21H,8-10,12-13,15H2. The highest BCUT2D eigenvalue weighted by atomic mass is 32.2. The van der Waals surface area contributed by atoms with E-state index in [1.54, 1.807) is 6.07 Å². The molecule has 0 radical (unpaired) electrons. The molecule has 1 amide bonds. The number of sulfonamides is 1. The predicted molar refractivity (Wildman–Crippen MR) is 98.6 cm³/mol. The Balaban J connectivity index is 1.56. The Morgan fingerprint density at radius 1 is 1.12 bits per heavy atom. The maximum absolute atomic E-state index is 12.4. The number of carbonyl (C=O) groups excluding carboxylic acids is 1. The first-order valence-corrected chi connectivity index (χ1v) is 10.2. The van der Waals surface area contributed by atoms with Crippen LogP contribution in [0.5, 0.6) is 0 Å². The molecule has 26 heavy (non-hydrogen) atoms. The fourth-order valence-electron chi connectivity index (χ4n) is 3.09. The Labute approximate surface area is 154 Å². The topological polar surface area (TPSA) is 79.4 Å². The van der Waals surface area contributed by atoms with Gasteiger partial charge in [-0.3, -0.25) is 9.78 Å². The van der Waals surface area contributed by atoms with Crippen LogP contribution in [-0.4, -0.2) is 37.3 Å². The van der Waals surface area contributed by atoms with Crippen molar-refractivity contribution >= 4 is 15.9 Å². The monoisotopic (exact) mass is 373 g/mol. The Morgan fingerprint density at radius 2 is 1.92 bits per heavy atom. The lowest BCUT2D eigenvalue weighted by Crippen LogP contribution is -2.31. The molecule has 0 aliphatic carbocycles. The molecule has 7 heteroatoms. The second-order valence-electron chi connectivity index (χ2n) is 6.53. The van der Waals surface area contributed by atoms with Crippen molar-refractivity contribution in [2.45, 2.75) is 30.7 Å². The van der Waals surface area contributed by atoms with Crippen molar-refractivity contribution < 1.29 is 13.2 Å². The maximum Gasteiger partial charge on any atom is 0.242 e. The van der Waals surface area contributed by atoms with E-state index in [0.717, 1.165) is 12.0 Å². The first-order chi connectivity index (χ1) is 12.5. The highest BCUT2D eigenvalue weighted by Gasteiger charge is 2.24. The molecule has 1 unspecified atom stereocenters. The second kappa shape index (κ2) is 8.42. The van der Waals surface area contributed by atoms with Crippen LogP contribution in [0.4, 0.5) is 0 Å². The van der Waals surface area contributed by atoms with Gasteiger partial charge in [-0.25, -0.2) is 13.1 Å². The van der Waals surface area contributed by atoms with Crippen LogP contribution in [0.25, 0.3) is 0 Å². The first-order valence-electron chi connectivity index (χ1n) is 8.76. The molecule has 0 spiro atoms. The van der Waals surface area contributed by atoms with E-state index in [4.69, 9.17) is 0 Å². The van der Waals surface area contributed by atoms with Gasteiger partial charge in [-0.05, 0) is 36.5 Å². The van der Waals surface area contributed by atoms with Crippen LogP contribution in [0.2, 0.25) is 0 Å². The Morgan fingerprint density at radius 3 is 2.65 bits per heavy atom. The lowest BCUT2D eigenvalue weighted by Gasteiger charge is -2.21. The number of benzene rings is 1. The van der Waals surface area contributed by atoms with E-state index < -0.39 is 10.0 Å². The minimum atomic E-state index is -3.56. The molecule has 1 atom stereocenters. The van der Waals surface area contributed by atoms with Gasteiger partial charge < -0.3 is 4.90 Å². The summed E-state index contributed by atoms with van der Waals surface area (Å²) in [6, 6.07) is 13.0. The first kappa shape index (κ1) is 18.5. The SMILES string of the molecule is O=C1CCC(CNS(=O)(=O)c2cccnc2)CCN1Cc1ccccc1. The zero-order chi connectivity index (χ0) is 18.4. The zero-order valence-corrected chi connectivity index (χ0v) is 15.4. The third-order valence-electron chi connectivity index (χ3n) is 4.65. The van der Waals surface area contributed by atoms with Gasteiger partial charge in [0.2, 0.25) is 15.9 Å². The van der Waals surface area contributed by atoms with Gasteiger partial charge in [0.15, 0.2) is 0 Å². The van der Waals surface area contributed by atoms with Crippen LogP contribution >= 0.6 is 0 Å². The third-order valence-corrected chi connectivity index (χ3v) is 6.06. The number of nitrogens with one attached hydrogen (secondary N) is 1. The quantitative estimate of drug-likeness (QED) is 0.842. The van der Waals surface area contributed by atoms with E-state index in [-0.39, 0.29) is 16.7 Å². The molecule has 0 saturated carbocycles. The summed E-state index contributed by atoms with van der Waals surface area (Å²) in [4.78, 5) is 18.2. The summed E-state index contributed by atoms with van der Waals surface area (Å²) in [5.74, 6) is 0.276. The molecule has 1 aromatic carbocycles. The van der Waals surface area contributed by atoms with Crippen LogP contribution in [0.15, 0.2) is 59.8 Å². The number of likely N-dealkylation sites (tertiary alicyclic amines) is 1. The van der Waals surface area contributed by atoms with Crippen molar-refractivity contribution in [2.75, 3.05) is 13.1 Å². The Kier molecular flexibility index (Phi) is 6.00. The van der Waals surface area contributed by atoms with E-state index in [9.17, 15) is 13.2 Å². The van der Waals surface area contributed by atoms with Crippen LogP contribution in [0.3, 0.4) is 0 Å². The van der Waals surface area contributed by atoms with Crippen molar-refractivity contribution in [1.82, 2.24) is 14.6 Å². The molecule has 0 bridgehead atoms. The summed E-state index contributed by atoms with van der Waals surface area (Å²) in [5, 5.41) is 0. The summed E-state index contributed by atoms with van der Waals surface area (Å²) < 4.78 is 27.3. The number of rotatable bonds is 6. The van der Waals surface area contributed by atoms with E-state index in [1.165, 1.54) is 18.5 Å². The van der Waals surface area contributed by atoms with Crippen molar-refractivity contribution in [3.63, 3.8) is 0 Å². The lowest BCUT2D eigenvalue weighted by molar-refractivity contribution is -0.131. The van der Waals surface area contributed by atoms with Crippen molar-refractivity contribution in [3.8, 4) is 0 Å². The smallest absolute Gasteiger partial charge is 0.242 e. The largest absolute Gasteiger partial charge is 0.338 e. The normalized spacial score (nSPS) is 18.5. The molecule has 1 aliphatic heterocycles. The molecular formula is C19H23N3O3S. The van der Waals surface area contributed by atoms with Gasteiger partial charge in [0.05, 0.1) is 0 Å². The summed E-state index contributed by atoms with van der Waals surface area (Å²) >= 11 is 0. The number of nitrogens with zero attached hydrogens (tertiary/aromatic N) is 2. The molecule has 1 aromatic heterocycles. The fourth-order valence-corrected chi connectivity index (χ4v) is 4.16. The minimum absolute atomic E-state index is 0.131. The minimum Gasteiger partial charge on any atom is -0.338 e. The molecule has 2 aromatic rings. The molecule has 1 N–H and O–H groups in total. The van der Waals surface area contributed by atoms with Crippen LogP contribution in [0.1, 0.15) is 24.8 Å². The van der Waals surface area contributed by atoms with Gasteiger partial charge in [-0.15, -0.1) is 0 Å². The maximum atomic E-state index is 12.4. The average molecular weight is 373 g/mol. The molecule has 3 rings (SSSR count). The number of amides is 1. The molecule has 6 nitrogen and oxygen atoms in total. The summed E-state index contributed by atoms with van der Waals surface area (Å²) in [6.07, 6.45) is 4.80. The van der Waals surface area contributed by atoms with Gasteiger partial charge in [0.25, 0.3) is 0 Å². The van der Waals surface area contributed by atoms with Gasteiger partial charge in [0.1, 0.15) is 4.90 Å². The Bertz CT molecular complexity index is 826. The van der Waals surface area contributed by atoms with Gasteiger partial charge >= 0.3 is 0 Å². The molecule has 1 fully saturated rings. The predicted octanol–water partition coefficient (Wildman–Crippen LogP) is 2.19. The van der Waals surface area contributed by atoms with Gasteiger partial charge in [-0.2, -0.15) is 0 Å². The second-order valence-corrected chi connectivity index (χ2v) is 8.30. The highest BCUT2D eigenvalue weighted by Crippen LogP contribution is 2.20. The molecular weight excluding hydrogens is 350 g/mol. The average Bonchev–Trinajstić information content (AvgIpc) is 2.84. The zero-order valence-electron chi connectivity index (χ0n) is 14.5. The van der Waals surface area contributed by atoms with Crippen molar-refractivity contribution in [2.24, 2.45) is 5.92 Å². The third kappa shape index (κ3) is 4.89. The summed E-state index contributed by atoms with van der Waals surface area (Å²) in [5.41, 5.74) is 1.11. The molecule has 1 saturated heterocycles. The number of pyridine rings is 1. The summed E-state index contributed by atoms with van der Waals surface area (Å²) in [6.45, 7) is 1.59. The fraction of sp³-hybridized carbons (Fsp3) is 0.368. The van der Waals surface area contributed by atoms with Crippen LogP contribution in [-0.2, 0) is 21.4 Å². The van der Waals surface area contributed by atoms with E-state index in [1.807, 2.05) is 35.2 Å². The molecule has 2 heterocycles. The van der Waals surface area contributed by atoms with Crippen LogP contribution in [0, 0.1) is 5.92 Å². The van der Waals surface area contributed by atoms with E-state index in [0.29, 0.717) is 32.5 Å². The van der Waals surface area contributed by atoms with Gasteiger partial charge in [0, 0.05) is 38.4 Å². The van der Waals surface area contributed by atoms with Crippen molar-refractivity contribution in [3.05, 3.63) is 60.4 Å². The van der Waals surface area contributed by atoms with E-state index >= 15 is 0 Å². The number of hydrogen-bond donors (Lipinski definition) is 1. The van der Waals surface area contributed by atoms with E-state index in [2.05, 4.69) is 9.71 Å². The van der Waals surface area contributed by atoms with Gasteiger partial charge in [-0.1, -0.05) is 30.3 Å². The highest BCUT2D eigenvalue weighted by molar-refractivity contribution is 7.89.